The number of nitrogens with one attached hydrogen (secondary N) is 1. The van der Waals surface area contributed by atoms with Crippen molar-refractivity contribution in [2.24, 2.45) is 4.99 Å². The lowest BCUT2D eigenvalue weighted by atomic mass is 10.1. The highest BCUT2D eigenvalue weighted by Crippen LogP contribution is 2.26. The van der Waals surface area contributed by atoms with Crippen molar-refractivity contribution in [1.29, 1.82) is 0 Å². The van der Waals surface area contributed by atoms with Gasteiger partial charge < -0.3 is 5.32 Å². The lowest BCUT2D eigenvalue weighted by molar-refractivity contribution is -0.384. The van der Waals surface area contributed by atoms with Gasteiger partial charge in [-0.1, -0.05) is 35.5 Å². The second-order valence-electron chi connectivity index (χ2n) is 5.12. The lowest BCUT2D eigenvalue weighted by Gasteiger charge is -2.04. The first-order valence-corrected chi connectivity index (χ1v) is 8.32. The van der Waals surface area contributed by atoms with Crippen LogP contribution in [-0.4, -0.2) is 21.2 Å². The van der Waals surface area contributed by atoms with Gasteiger partial charge in [-0.05, 0) is 36.2 Å². The summed E-state index contributed by atoms with van der Waals surface area (Å²) in [5, 5.41) is 14.3. The van der Waals surface area contributed by atoms with Gasteiger partial charge in [0, 0.05) is 17.2 Å². The maximum Gasteiger partial charge on any atom is 0.269 e. The number of carbonyl (C=O) groups is 1. The number of halogens is 1. The van der Waals surface area contributed by atoms with E-state index < -0.39 is 4.92 Å². The molecule has 1 amide bonds. The van der Waals surface area contributed by atoms with Crippen LogP contribution in [0.4, 0.5) is 11.4 Å². The SMILES string of the molecule is O=C1NC(=Nc2ccc(Cl)cc2)S[C@@H]1Cc1ccc([N+](=O)[O-])cc1. The molecule has 24 heavy (non-hydrogen) atoms. The van der Waals surface area contributed by atoms with Gasteiger partial charge in [0.15, 0.2) is 5.17 Å². The number of nitro groups is 1. The van der Waals surface area contributed by atoms with E-state index in [0.29, 0.717) is 22.3 Å². The summed E-state index contributed by atoms with van der Waals surface area (Å²) in [5.74, 6) is -0.119. The molecule has 0 spiro atoms. The molecule has 0 radical (unpaired) electrons. The molecule has 1 atom stereocenters. The number of non-ortho nitro benzene ring substituents is 1. The number of hydrogen-bond acceptors (Lipinski definition) is 5. The van der Waals surface area contributed by atoms with Gasteiger partial charge in [-0.25, -0.2) is 4.99 Å². The molecule has 6 nitrogen and oxygen atoms in total. The van der Waals surface area contributed by atoms with Gasteiger partial charge in [0.05, 0.1) is 15.9 Å². The van der Waals surface area contributed by atoms with Crippen molar-refractivity contribution in [3.63, 3.8) is 0 Å². The van der Waals surface area contributed by atoms with Crippen molar-refractivity contribution >= 4 is 45.8 Å². The maximum atomic E-state index is 12.1. The average molecular weight is 362 g/mol. The Morgan fingerprint density at radius 2 is 1.83 bits per heavy atom. The minimum absolute atomic E-state index is 0.0345. The van der Waals surface area contributed by atoms with Crippen molar-refractivity contribution in [2.75, 3.05) is 0 Å². The maximum absolute atomic E-state index is 12.1. The fourth-order valence-electron chi connectivity index (χ4n) is 2.19. The largest absolute Gasteiger partial charge is 0.304 e. The summed E-state index contributed by atoms with van der Waals surface area (Å²) in [6.45, 7) is 0. The highest BCUT2D eigenvalue weighted by Gasteiger charge is 2.30. The summed E-state index contributed by atoms with van der Waals surface area (Å²) in [7, 11) is 0. The molecule has 1 aliphatic rings. The molecule has 1 N–H and O–H groups in total. The van der Waals surface area contributed by atoms with Crippen LogP contribution in [-0.2, 0) is 11.2 Å². The first kappa shape index (κ1) is 16.5. The molecule has 8 heteroatoms. The molecule has 1 saturated heterocycles. The molecule has 0 unspecified atom stereocenters. The van der Waals surface area contributed by atoms with Crippen LogP contribution in [0.25, 0.3) is 0 Å². The molecule has 3 rings (SSSR count). The fourth-order valence-corrected chi connectivity index (χ4v) is 3.35. The van der Waals surface area contributed by atoms with E-state index in [1.54, 1.807) is 36.4 Å². The topological polar surface area (TPSA) is 84.6 Å². The number of nitrogens with zero attached hydrogens (tertiary/aromatic N) is 2. The Morgan fingerprint density at radius 1 is 1.17 bits per heavy atom. The average Bonchev–Trinajstić information content (AvgIpc) is 2.89. The van der Waals surface area contributed by atoms with Crippen molar-refractivity contribution in [3.05, 3.63) is 69.2 Å². The predicted octanol–water partition coefficient (Wildman–Crippen LogP) is 3.71. The molecule has 122 valence electrons. The zero-order valence-electron chi connectivity index (χ0n) is 12.3. The van der Waals surface area contributed by atoms with Crippen LogP contribution in [0.3, 0.4) is 0 Å². The molecule has 0 aromatic heterocycles. The van der Waals surface area contributed by atoms with Crippen LogP contribution >= 0.6 is 23.4 Å². The number of nitro benzene ring substituents is 1. The van der Waals surface area contributed by atoms with Gasteiger partial charge in [-0.15, -0.1) is 0 Å². The van der Waals surface area contributed by atoms with Crippen LogP contribution in [0.5, 0.6) is 0 Å². The summed E-state index contributed by atoms with van der Waals surface area (Å²) in [4.78, 5) is 26.7. The Hall–Kier alpha value is -2.38. The highest BCUT2D eigenvalue weighted by atomic mass is 35.5. The molecule has 0 bridgehead atoms. The highest BCUT2D eigenvalue weighted by molar-refractivity contribution is 8.15. The summed E-state index contributed by atoms with van der Waals surface area (Å²) in [6.07, 6.45) is 0.480. The molecule has 2 aromatic carbocycles. The van der Waals surface area contributed by atoms with Gasteiger partial charge in [-0.3, -0.25) is 14.9 Å². The van der Waals surface area contributed by atoms with Crippen LogP contribution in [0.15, 0.2) is 53.5 Å². The number of carbonyl (C=O) groups excluding carboxylic acids is 1. The summed E-state index contributed by atoms with van der Waals surface area (Å²) in [6, 6.07) is 13.2. The Labute approximate surface area is 147 Å². The smallest absolute Gasteiger partial charge is 0.269 e. The van der Waals surface area contributed by atoms with Crippen molar-refractivity contribution in [1.82, 2.24) is 5.32 Å². The van der Waals surface area contributed by atoms with Gasteiger partial charge in [0.2, 0.25) is 5.91 Å². The van der Waals surface area contributed by atoms with Crippen molar-refractivity contribution in [2.45, 2.75) is 11.7 Å². The second kappa shape index (κ2) is 7.02. The van der Waals surface area contributed by atoms with Crippen LogP contribution in [0, 0.1) is 10.1 Å². The van der Waals surface area contributed by atoms with Crippen LogP contribution in [0.2, 0.25) is 5.02 Å². The minimum Gasteiger partial charge on any atom is -0.304 e. The molecule has 0 aliphatic carbocycles. The van der Waals surface area contributed by atoms with E-state index >= 15 is 0 Å². The predicted molar refractivity (Wildman–Crippen MR) is 94.9 cm³/mol. The van der Waals surface area contributed by atoms with E-state index in [9.17, 15) is 14.9 Å². The Balaban J connectivity index is 1.68. The van der Waals surface area contributed by atoms with E-state index in [-0.39, 0.29) is 16.8 Å². The molecule has 1 heterocycles. The summed E-state index contributed by atoms with van der Waals surface area (Å²) < 4.78 is 0. The molecule has 1 aliphatic heterocycles. The Kier molecular flexibility index (Phi) is 4.82. The number of rotatable bonds is 4. The fraction of sp³-hybridized carbons (Fsp3) is 0.125. The third-order valence-electron chi connectivity index (χ3n) is 3.40. The van der Waals surface area contributed by atoms with Crippen molar-refractivity contribution < 1.29 is 9.72 Å². The molecule has 2 aromatic rings. The number of amidine groups is 1. The number of aliphatic imine (C=N–C) groups is 1. The first-order chi connectivity index (χ1) is 11.5. The summed E-state index contributed by atoms with van der Waals surface area (Å²) >= 11 is 7.18. The van der Waals surface area contributed by atoms with Gasteiger partial charge in [0.1, 0.15) is 0 Å². The molecular formula is C16H12ClN3O3S. The van der Waals surface area contributed by atoms with E-state index in [1.807, 2.05) is 0 Å². The van der Waals surface area contributed by atoms with E-state index in [0.717, 1.165) is 5.56 Å². The van der Waals surface area contributed by atoms with Gasteiger partial charge >= 0.3 is 0 Å². The number of hydrogen-bond donors (Lipinski definition) is 1. The number of benzene rings is 2. The zero-order chi connectivity index (χ0) is 17.1. The monoisotopic (exact) mass is 361 g/mol. The Morgan fingerprint density at radius 3 is 2.46 bits per heavy atom. The van der Waals surface area contributed by atoms with E-state index in [1.165, 1.54) is 23.9 Å². The second-order valence-corrected chi connectivity index (χ2v) is 6.74. The lowest BCUT2D eigenvalue weighted by Crippen LogP contribution is -2.25. The Bertz CT molecular complexity index is 806. The standard InChI is InChI=1S/C16H12ClN3O3S/c17-11-3-5-12(6-4-11)18-16-19-15(21)14(24-16)9-10-1-7-13(8-2-10)20(22)23/h1-8,14H,9H2,(H,18,19,21)/t14-/m1/s1. The first-order valence-electron chi connectivity index (χ1n) is 7.06. The van der Waals surface area contributed by atoms with Crippen LogP contribution < -0.4 is 5.32 Å². The summed E-state index contributed by atoms with van der Waals surface area (Å²) in [5.41, 5.74) is 1.60. The molecule has 0 saturated carbocycles. The van der Waals surface area contributed by atoms with E-state index in [2.05, 4.69) is 10.3 Å². The molecule has 1 fully saturated rings. The third-order valence-corrected chi connectivity index (χ3v) is 4.74. The van der Waals surface area contributed by atoms with Gasteiger partial charge in [0.25, 0.3) is 5.69 Å². The minimum atomic E-state index is -0.447. The zero-order valence-corrected chi connectivity index (χ0v) is 13.9. The number of thioether (sulfide) groups is 1. The molecular weight excluding hydrogens is 350 g/mol. The normalized spacial score (nSPS) is 18.6. The van der Waals surface area contributed by atoms with Gasteiger partial charge in [-0.2, -0.15) is 0 Å². The number of amides is 1. The van der Waals surface area contributed by atoms with Crippen molar-refractivity contribution in [3.8, 4) is 0 Å². The third kappa shape index (κ3) is 3.93. The van der Waals surface area contributed by atoms with E-state index in [4.69, 9.17) is 11.6 Å². The van der Waals surface area contributed by atoms with Crippen LogP contribution in [0.1, 0.15) is 5.56 Å². The quantitative estimate of drug-likeness (QED) is 0.664.